The molecule has 1 heterocycles. The third kappa shape index (κ3) is 3.27. The number of aliphatic carboxylic acids is 1. The van der Waals surface area contributed by atoms with Gasteiger partial charge in [-0.25, -0.2) is 13.1 Å². The summed E-state index contributed by atoms with van der Waals surface area (Å²) in [5.74, 6) is -1.74. The van der Waals surface area contributed by atoms with Crippen LogP contribution in [0.5, 0.6) is 0 Å². The molecule has 3 N–H and O–H groups in total. The van der Waals surface area contributed by atoms with Crippen molar-refractivity contribution in [1.29, 1.82) is 0 Å². The molecule has 8 heteroatoms. The highest BCUT2D eigenvalue weighted by Crippen LogP contribution is 2.11. The zero-order valence-electron chi connectivity index (χ0n) is 9.60. The summed E-state index contributed by atoms with van der Waals surface area (Å²) in [5.41, 5.74) is 0.417. The number of rotatable bonds is 6. The van der Waals surface area contributed by atoms with Crippen molar-refractivity contribution >= 4 is 16.0 Å². The van der Waals surface area contributed by atoms with Gasteiger partial charge in [-0.2, -0.15) is 5.10 Å². The number of hydrogen-bond acceptors (Lipinski definition) is 4. The van der Waals surface area contributed by atoms with Crippen LogP contribution in [0.4, 0.5) is 0 Å². The van der Waals surface area contributed by atoms with Crippen molar-refractivity contribution in [3.05, 3.63) is 11.9 Å². The van der Waals surface area contributed by atoms with Gasteiger partial charge in [0.25, 0.3) is 0 Å². The summed E-state index contributed by atoms with van der Waals surface area (Å²) in [6.45, 7) is 3.14. The van der Waals surface area contributed by atoms with Gasteiger partial charge in [0.1, 0.15) is 4.90 Å². The van der Waals surface area contributed by atoms with E-state index in [1.54, 1.807) is 13.8 Å². The molecule has 0 aromatic carbocycles. The Labute approximate surface area is 99.3 Å². The quantitative estimate of drug-likeness (QED) is 0.672. The number of hydrogen-bond donors (Lipinski definition) is 3. The molecule has 96 valence electrons. The molecule has 0 aliphatic heterocycles. The maximum atomic E-state index is 11.8. The lowest BCUT2D eigenvalue weighted by atomic mass is 10.1. The number of H-pyrrole nitrogens is 1. The standard InChI is InChI=1S/C9H15N3O4S/c1-3-7(9(13)14)4-11-17(15,16)8-5-10-12-6(8)2/h5,7,11H,3-4H2,1-2H3,(H,10,12)(H,13,14). The van der Waals surface area contributed by atoms with E-state index in [1.165, 1.54) is 6.20 Å². The third-order valence-electron chi connectivity index (χ3n) is 2.43. The second kappa shape index (κ2) is 5.28. The predicted octanol–water partition coefficient (Wildman–Crippen LogP) is 0.107. The van der Waals surface area contributed by atoms with E-state index < -0.39 is 21.9 Å². The average Bonchev–Trinajstić information content (AvgIpc) is 2.65. The van der Waals surface area contributed by atoms with E-state index in [0.29, 0.717) is 12.1 Å². The fraction of sp³-hybridized carbons (Fsp3) is 0.556. The second-order valence-electron chi connectivity index (χ2n) is 3.65. The number of carboxylic acid groups (broad SMARTS) is 1. The van der Waals surface area contributed by atoms with Gasteiger partial charge in [-0.15, -0.1) is 0 Å². The highest BCUT2D eigenvalue weighted by molar-refractivity contribution is 7.89. The SMILES string of the molecule is CCC(CNS(=O)(=O)c1cn[nH]c1C)C(=O)O. The van der Waals surface area contributed by atoms with Crippen LogP contribution < -0.4 is 4.72 Å². The molecular weight excluding hydrogens is 246 g/mol. The van der Waals surface area contributed by atoms with Gasteiger partial charge in [-0.1, -0.05) is 6.92 Å². The fourth-order valence-corrected chi connectivity index (χ4v) is 2.52. The van der Waals surface area contributed by atoms with Gasteiger partial charge in [0, 0.05) is 6.54 Å². The smallest absolute Gasteiger partial charge is 0.307 e. The first-order chi connectivity index (χ1) is 7.88. The molecule has 1 atom stereocenters. The lowest BCUT2D eigenvalue weighted by Crippen LogP contribution is -2.32. The number of carboxylic acids is 1. The van der Waals surface area contributed by atoms with E-state index in [2.05, 4.69) is 14.9 Å². The molecule has 1 unspecified atom stereocenters. The Bertz CT molecular complexity index is 494. The Balaban J connectivity index is 2.75. The van der Waals surface area contributed by atoms with Crippen LogP contribution in [0.2, 0.25) is 0 Å². The van der Waals surface area contributed by atoms with E-state index in [-0.39, 0.29) is 11.4 Å². The van der Waals surface area contributed by atoms with Gasteiger partial charge in [0.2, 0.25) is 10.0 Å². The number of carbonyl (C=O) groups is 1. The largest absolute Gasteiger partial charge is 0.481 e. The molecule has 0 aliphatic carbocycles. The van der Waals surface area contributed by atoms with Crippen molar-refractivity contribution in [1.82, 2.24) is 14.9 Å². The lowest BCUT2D eigenvalue weighted by molar-refractivity contribution is -0.141. The molecule has 0 spiro atoms. The normalized spacial score (nSPS) is 13.5. The molecule has 0 saturated carbocycles. The summed E-state index contributed by atoms with van der Waals surface area (Å²) in [6, 6.07) is 0. The van der Waals surface area contributed by atoms with Crippen LogP contribution in [-0.2, 0) is 14.8 Å². The van der Waals surface area contributed by atoms with Gasteiger partial charge in [-0.3, -0.25) is 9.89 Å². The van der Waals surface area contributed by atoms with Crippen LogP contribution in [0.3, 0.4) is 0 Å². The minimum absolute atomic E-state index is 0.0396. The molecular formula is C9H15N3O4S. The molecule has 0 fully saturated rings. The first-order valence-electron chi connectivity index (χ1n) is 5.11. The molecule has 1 rings (SSSR count). The Hall–Kier alpha value is -1.41. The van der Waals surface area contributed by atoms with Gasteiger partial charge in [0.15, 0.2) is 0 Å². The molecule has 0 saturated heterocycles. The number of aromatic nitrogens is 2. The highest BCUT2D eigenvalue weighted by atomic mass is 32.2. The first kappa shape index (κ1) is 13.7. The highest BCUT2D eigenvalue weighted by Gasteiger charge is 2.22. The van der Waals surface area contributed by atoms with Gasteiger partial charge >= 0.3 is 5.97 Å². The zero-order valence-corrected chi connectivity index (χ0v) is 10.4. The third-order valence-corrected chi connectivity index (χ3v) is 3.97. The van der Waals surface area contributed by atoms with Crippen LogP contribution in [0.15, 0.2) is 11.1 Å². The van der Waals surface area contributed by atoms with Crippen molar-refractivity contribution in [3.63, 3.8) is 0 Å². The summed E-state index contributed by atoms with van der Waals surface area (Å²) >= 11 is 0. The maximum absolute atomic E-state index is 11.8. The van der Waals surface area contributed by atoms with Crippen molar-refractivity contribution in [3.8, 4) is 0 Å². The first-order valence-corrected chi connectivity index (χ1v) is 6.59. The van der Waals surface area contributed by atoms with Crippen LogP contribution in [0.1, 0.15) is 19.0 Å². The summed E-state index contributed by atoms with van der Waals surface area (Å²) in [4.78, 5) is 10.8. The van der Waals surface area contributed by atoms with Crippen molar-refractivity contribution in [2.24, 2.45) is 5.92 Å². The lowest BCUT2D eigenvalue weighted by Gasteiger charge is -2.10. The molecule has 1 aromatic rings. The number of nitrogens with one attached hydrogen (secondary N) is 2. The van der Waals surface area contributed by atoms with E-state index in [4.69, 9.17) is 5.11 Å². The number of aryl methyl sites for hydroxylation is 1. The van der Waals surface area contributed by atoms with Crippen molar-refractivity contribution < 1.29 is 18.3 Å². The molecule has 0 bridgehead atoms. The Kier molecular flexibility index (Phi) is 4.24. The van der Waals surface area contributed by atoms with Crippen LogP contribution in [0, 0.1) is 12.8 Å². The Morgan fingerprint density at radius 2 is 2.29 bits per heavy atom. The topological polar surface area (TPSA) is 112 Å². The number of aromatic amines is 1. The maximum Gasteiger partial charge on any atom is 0.307 e. The van der Waals surface area contributed by atoms with Gasteiger partial charge in [0.05, 0.1) is 17.8 Å². The molecule has 7 nitrogen and oxygen atoms in total. The molecule has 17 heavy (non-hydrogen) atoms. The molecule has 0 amide bonds. The van der Waals surface area contributed by atoms with Crippen LogP contribution in [-0.4, -0.2) is 36.2 Å². The predicted molar refractivity (Wildman–Crippen MR) is 59.9 cm³/mol. The van der Waals surface area contributed by atoms with Gasteiger partial charge < -0.3 is 5.11 Å². The Morgan fingerprint density at radius 1 is 1.65 bits per heavy atom. The van der Waals surface area contributed by atoms with Crippen molar-refractivity contribution in [2.45, 2.75) is 25.2 Å². The van der Waals surface area contributed by atoms with E-state index in [1.807, 2.05) is 0 Å². The summed E-state index contributed by atoms with van der Waals surface area (Å²) in [7, 11) is -3.69. The zero-order chi connectivity index (χ0) is 13.1. The summed E-state index contributed by atoms with van der Waals surface area (Å²) in [5, 5.41) is 14.9. The molecule has 0 radical (unpaired) electrons. The molecule has 1 aromatic heterocycles. The minimum Gasteiger partial charge on any atom is -0.481 e. The monoisotopic (exact) mass is 261 g/mol. The van der Waals surface area contributed by atoms with Crippen LogP contribution >= 0.6 is 0 Å². The fourth-order valence-electron chi connectivity index (χ4n) is 1.30. The van der Waals surface area contributed by atoms with Gasteiger partial charge in [-0.05, 0) is 13.3 Å². The van der Waals surface area contributed by atoms with E-state index >= 15 is 0 Å². The molecule has 0 aliphatic rings. The number of sulfonamides is 1. The van der Waals surface area contributed by atoms with E-state index in [0.717, 1.165) is 0 Å². The number of nitrogens with zero attached hydrogens (tertiary/aromatic N) is 1. The minimum atomic E-state index is -3.69. The Morgan fingerprint density at radius 3 is 2.71 bits per heavy atom. The van der Waals surface area contributed by atoms with Crippen LogP contribution in [0.25, 0.3) is 0 Å². The average molecular weight is 261 g/mol. The van der Waals surface area contributed by atoms with E-state index in [9.17, 15) is 13.2 Å². The summed E-state index contributed by atoms with van der Waals surface area (Å²) in [6.07, 6.45) is 1.56. The summed E-state index contributed by atoms with van der Waals surface area (Å²) < 4.78 is 25.9. The van der Waals surface area contributed by atoms with Crippen molar-refractivity contribution in [2.75, 3.05) is 6.54 Å². The second-order valence-corrected chi connectivity index (χ2v) is 5.39.